The van der Waals surface area contributed by atoms with Crippen LogP contribution in [0.2, 0.25) is 0 Å². The van der Waals surface area contributed by atoms with E-state index in [4.69, 9.17) is 9.72 Å². The predicted molar refractivity (Wildman–Crippen MR) is 143 cm³/mol. The molecule has 2 aromatic heterocycles. The molecule has 1 spiro atoms. The summed E-state index contributed by atoms with van der Waals surface area (Å²) in [7, 11) is -4.04. The number of aromatic nitrogens is 3. The fourth-order valence-corrected chi connectivity index (χ4v) is 6.87. The summed E-state index contributed by atoms with van der Waals surface area (Å²) in [5, 5.41) is 4.56. The lowest BCUT2D eigenvalue weighted by Gasteiger charge is -2.34. The van der Waals surface area contributed by atoms with Crippen LogP contribution in [0.15, 0.2) is 59.6 Å². The molecule has 3 fully saturated rings. The Bertz CT molecular complexity index is 1480. The molecule has 2 atom stereocenters. The zero-order valence-corrected chi connectivity index (χ0v) is 22.7. The van der Waals surface area contributed by atoms with E-state index in [2.05, 4.69) is 35.5 Å². The van der Waals surface area contributed by atoms with Crippen molar-refractivity contribution in [3.8, 4) is 11.7 Å². The lowest BCUT2D eigenvalue weighted by molar-refractivity contribution is 0.0981. The Morgan fingerprint density at radius 1 is 1.11 bits per heavy atom. The molecule has 1 unspecified atom stereocenters. The third kappa shape index (κ3) is 4.66. The average Bonchev–Trinajstić information content (AvgIpc) is 3.71. The molecule has 1 amide bonds. The van der Waals surface area contributed by atoms with E-state index in [1.807, 2.05) is 6.07 Å². The highest BCUT2D eigenvalue weighted by molar-refractivity contribution is 7.90. The summed E-state index contributed by atoms with van der Waals surface area (Å²) in [6.07, 6.45) is 6.61. The SMILES string of the molecule is C[C@@H]1CN(c2nc(-n3ccc(OCC4CC45CC5)n3)ccc2C(=O)NS(=O)(=O)c2ccccc2)C(C)(C)C1. The quantitative estimate of drug-likeness (QED) is 0.461. The molecule has 0 bridgehead atoms. The number of nitrogens with one attached hydrogen (secondary N) is 1. The van der Waals surface area contributed by atoms with E-state index in [0.717, 1.165) is 6.42 Å². The molecule has 3 aliphatic rings. The summed E-state index contributed by atoms with van der Waals surface area (Å²) in [6.45, 7) is 7.76. The van der Waals surface area contributed by atoms with Gasteiger partial charge in [-0.3, -0.25) is 4.79 Å². The minimum atomic E-state index is -4.04. The number of hydrogen-bond donors (Lipinski definition) is 1. The molecule has 3 aromatic rings. The number of nitrogens with zero attached hydrogens (tertiary/aromatic N) is 4. The van der Waals surface area contributed by atoms with Crippen molar-refractivity contribution < 1.29 is 17.9 Å². The molecule has 1 saturated heterocycles. The van der Waals surface area contributed by atoms with E-state index in [-0.39, 0.29) is 16.0 Å². The van der Waals surface area contributed by atoms with Gasteiger partial charge in [-0.05, 0) is 81.0 Å². The van der Waals surface area contributed by atoms with Crippen molar-refractivity contribution in [2.24, 2.45) is 17.3 Å². The van der Waals surface area contributed by atoms with Gasteiger partial charge in [-0.2, -0.15) is 0 Å². The maximum Gasteiger partial charge on any atom is 0.268 e. The van der Waals surface area contributed by atoms with Gasteiger partial charge in [0.2, 0.25) is 5.88 Å². The van der Waals surface area contributed by atoms with E-state index >= 15 is 0 Å². The smallest absolute Gasteiger partial charge is 0.268 e. The standard InChI is InChI=1S/C28H33N5O4S/c1-19-15-27(2,3)32(17-19)25-22(26(34)31-38(35,36)21-7-5-4-6-8-21)9-10-23(29-25)33-14-11-24(30-33)37-18-20-16-28(20)12-13-28/h4-11,14,19-20H,12-13,15-18H2,1-3H3,(H,31,34)/t19-,20?/m0/s1. The van der Waals surface area contributed by atoms with Gasteiger partial charge in [0.05, 0.1) is 17.1 Å². The Labute approximate surface area is 223 Å². The van der Waals surface area contributed by atoms with E-state index < -0.39 is 15.9 Å². The van der Waals surface area contributed by atoms with Crippen LogP contribution in [0.3, 0.4) is 0 Å². The maximum atomic E-state index is 13.4. The minimum absolute atomic E-state index is 0.0254. The lowest BCUT2D eigenvalue weighted by atomic mass is 9.97. The first-order chi connectivity index (χ1) is 18.1. The van der Waals surface area contributed by atoms with Gasteiger partial charge in [0.15, 0.2) is 5.82 Å². The summed E-state index contributed by atoms with van der Waals surface area (Å²) in [4.78, 5) is 20.3. The Kier molecular flexibility index (Phi) is 5.79. The Morgan fingerprint density at radius 2 is 1.87 bits per heavy atom. The molecule has 3 heterocycles. The normalized spacial score (nSPS) is 22.9. The van der Waals surface area contributed by atoms with Crippen molar-refractivity contribution >= 4 is 21.7 Å². The Morgan fingerprint density at radius 3 is 2.53 bits per heavy atom. The summed E-state index contributed by atoms with van der Waals surface area (Å²) >= 11 is 0. The number of pyridine rings is 1. The highest BCUT2D eigenvalue weighted by Gasteiger charge is 2.62. The lowest BCUT2D eigenvalue weighted by Crippen LogP contribution is -2.41. The number of rotatable bonds is 8. The molecule has 38 heavy (non-hydrogen) atoms. The number of carbonyl (C=O) groups is 1. The zero-order valence-electron chi connectivity index (χ0n) is 21.9. The van der Waals surface area contributed by atoms with E-state index in [1.165, 1.54) is 31.4 Å². The molecule has 1 aromatic carbocycles. The molecule has 200 valence electrons. The van der Waals surface area contributed by atoms with Gasteiger partial charge >= 0.3 is 0 Å². The highest BCUT2D eigenvalue weighted by Crippen LogP contribution is 2.70. The van der Waals surface area contributed by atoms with Gasteiger partial charge in [0.1, 0.15) is 5.82 Å². The van der Waals surface area contributed by atoms with Crippen molar-refractivity contribution in [1.82, 2.24) is 19.5 Å². The fraction of sp³-hybridized carbons (Fsp3) is 0.464. The van der Waals surface area contributed by atoms with Crippen LogP contribution in [0.4, 0.5) is 5.82 Å². The van der Waals surface area contributed by atoms with Crippen LogP contribution in [0.25, 0.3) is 5.82 Å². The number of ether oxygens (including phenoxy) is 1. The second-order valence-corrected chi connectivity index (χ2v) is 13.4. The van der Waals surface area contributed by atoms with Gasteiger partial charge in [-0.15, -0.1) is 5.10 Å². The molecule has 0 radical (unpaired) electrons. The first kappa shape index (κ1) is 24.9. The molecule has 2 aliphatic carbocycles. The second-order valence-electron chi connectivity index (χ2n) is 11.7. The third-order valence-corrected chi connectivity index (χ3v) is 9.54. The minimum Gasteiger partial charge on any atom is -0.476 e. The van der Waals surface area contributed by atoms with Crippen LogP contribution in [0, 0.1) is 17.3 Å². The molecule has 6 rings (SSSR count). The number of sulfonamides is 1. The van der Waals surface area contributed by atoms with Gasteiger partial charge < -0.3 is 9.64 Å². The molecule has 2 saturated carbocycles. The van der Waals surface area contributed by atoms with Crippen LogP contribution in [0.1, 0.15) is 56.8 Å². The molecular formula is C28H33N5O4S. The van der Waals surface area contributed by atoms with Crippen molar-refractivity contribution in [3.05, 3.63) is 60.3 Å². The van der Waals surface area contributed by atoms with E-state index in [1.54, 1.807) is 41.2 Å². The second kappa shape index (κ2) is 8.83. The van der Waals surface area contributed by atoms with Crippen LogP contribution in [-0.2, 0) is 10.0 Å². The van der Waals surface area contributed by atoms with E-state index in [0.29, 0.717) is 47.9 Å². The summed E-state index contributed by atoms with van der Waals surface area (Å²) in [5.41, 5.74) is 0.505. The van der Waals surface area contributed by atoms with E-state index in [9.17, 15) is 13.2 Å². The fourth-order valence-electron chi connectivity index (χ4n) is 5.88. The van der Waals surface area contributed by atoms with Gasteiger partial charge in [-0.25, -0.2) is 22.8 Å². The van der Waals surface area contributed by atoms with Crippen molar-refractivity contribution in [2.75, 3.05) is 18.1 Å². The average molecular weight is 536 g/mol. The van der Waals surface area contributed by atoms with Gasteiger partial charge in [-0.1, -0.05) is 25.1 Å². The maximum absolute atomic E-state index is 13.4. The molecular weight excluding hydrogens is 502 g/mol. The van der Waals surface area contributed by atoms with Crippen molar-refractivity contribution in [1.29, 1.82) is 0 Å². The predicted octanol–water partition coefficient (Wildman–Crippen LogP) is 4.19. The Hall–Kier alpha value is -3.40. The highest BCUT2D eigenvalue weighted by atomic mass is 32.2. The number of hydrogen-bond acceptors (Lipinski definition) is 7. The number of amides is 1. The largest absolute Gasteiger partial charge is 0.476 e. The van der Waals surface area contributed by atoms with Crippen LogP contribution >= 0.6 is 0 Å². The first-order valence-electron chi connectivity index (χ1n) is 13.2. The monoisotopic (exact) mass is 535 g/mol. The van der Waals surface area contributed by atoms with Crippen molar-refractivity contribution in [2.45, 2.75) is 56.9 Å². The topological polar surface area (TPSA) is 106 Å². The number of anilines is 1. The number of carbonyl (C=O) groups excluding carboxylic acids is 1. The van der Waals surface area contributed by atoms with Gasteiger partial charge in [0, 0.05) is 24.3 Å². The van der Waals surface area contributed by atoms with Crippen molar-refractivity contribution in [3.63, 3.8) is 0 Å². The molecule has 10 heteroatoms. The van der Waals surface area contributed by atoms with Crippen LogP contribution < -0.4 is 14.4 Å². The summed E-state index contributed by atoms with van der Waals surface area (Å²) < 4.78 is 35.6. The number of benzene rings is 1. The third-order valence-electron chi connectivity index (χ3n) is 8.20. The Balaban J connectivity index is 1.29. The van der Waals surface area contributed by atoms with Gasteiger partial charge in [0.25, 0.3) is 15.9 Å². The molecule has 9 nitrogen and oxygen atoms in total. The first-order valence-corrected chi connectivity index (χ1v) is 14.6. The van der Waals surface area contributed by atoms with Crippen LogP contribution in [-0.4, -0.2) is 47.8 Å². The molecule has 1 N–H and O–H groups in total. The zero-order chi connectivity index (χ0) is 26.7. The summed E-state index contributed by atoms with van der Waals surface area (Å²) in [6, 6.07) is 13.0. The molecule has 1 aliphatic heterocycles. The summed E-state index contributed by atoms with van der Waals surface area (Å²) in [5.74, 6) is 1.81. The van der Waals surface area contributed by atoms with Crippen LogP contribution in [0.5, 0.6) is 5.88 Å².